The lowest BCUT2D eigenvalue weighted by atomic mass is 10.0. The second-order valence-electron chi connectivity index (χ2n) is 4.84. The van der Waals surface area contributed by atoms with Crippen molar-refractivity contribution in [3.05, 3.63) is 40.1 Å². The van der Waals surface area contributed by atoms with Gasteiger partial charge in [0.25, 0.3) is 0 Å². The molecule has 0 aliphatic carbocycles. The monoisotopic (exact) mass is 274 g/mol. The molecule has 1 aliphatic heterocycles. The Balaban J connectivity index is 1.99. The molecular weight excluding hydrogens is 256 g/mol. The molecule has 4 heteroatoms. The van der Waals surface area contributed by atoms with Gasteiger partial charge in [0.1, 0.15) is 5.75 Å². The number of anilines is 2. The molecule has 2 heterocycles. The first-order valence-corrected chi connectivity index (χ1v) is 7.35. The standard InChI is InChI=1S/C15H18N2OS/c1-10-12-6-8-19-15(12)5-7-17(10)14-9-11(18-2)3-4-13(14)16/h3-4,6,8-10H,5,7,16H2,1-2H3. The van der Waals surface area contributed by atoms with Crippen LogP contribution in [-0.2, 0) is 6.42 Å². The summed E-state index contributed by atoms with van der Waals surface area (Å²) in [7, 11) is 1.69. The van der Waals surface area contributed by atoms with Crippen LogP contribution < -0.4 is 15.4 Å². The number of rotatable bonds is 2. The molecule has 1 aliphatic rings. The Morgan fingerprint density at radius 3 is 3.00 bits per heavy atom. The minimum atomic E-state index is 0.365. The molecule has 19 heavy (non-hydrogen) atoms. The molecule has 0 bridgehead atoms. The Labute approximate surface area is 117 Å². The van der Waals surface area contributed by atoms with E-state index >= 15 is 0 Å². The normalized spacial score (nSPS) is 18.2. The average Bonchev–Trinajstić information content (AvgIpc) is 2.90. The summed E-state index contributed by atoms with van der Waals surface area (Å²) in [6, 6.07) is 8.45. The molecule has 1 atom stereocenters. The van der Waals surface area contributed by atoms with Gasteiger partial charge in [-0.3, -0.25) is 0 Å². The SMILES string of the molecule is COc1ccc(N)c(N2CCc3sccc3C2C)c1. The van der Waals surface area contributed by atoms with E-state index in [0.717, 1.165) is 30.1 Å². The van der Waals surface area contributed by atoms with Gasteiger partial charge in [0.05, 0.1) is 24.5 Å². The second-order valence-corrected chi connectivity index (χ2v) is 5.84. The number of nitrogens with zero attached hydrogens (tertiary/aromatic N) is 1. The van der Waals surface area contributed by atoms with Gasteiger partial charge < -0.3 is 15.4 Å². The van der Waals surface area contributed by atoms with Crippen molar-refractivity contribution in [3.8, 4) is 5.75 Å². The molecule has 100 valence electrons. The maximum atomic E-state index is 6.14. The van der Waals surface area contributed by atoms with Crippen LogP contribution in [0.4, 0.5) is 11.4 Å². The van der Waals surface area contributed by atoms with Crippen molar-refractivity contribution >= 4 is 22.7 Å². The van der Waals surface area contributed by atoms with Crippen LogP contribution in [0.2, 0.25) is 0 Å². The molecule has 3 nitrogen and oxygen atoms in total. The van der Waals surface area contributed by atoms with Crippen molar-refractivity contribution in [2.45, 2.75) is 19.4 Å². The van der Waals surface area contributed by atoms with E-state index in [4.69, 9.17) is 10.5 Å². The van der Waals surface area contributed by atoms with E-state index < -0.39 is 0 Å². The molecule has 2 aromatic rings. The van der Waals surface area contributed by atoms with Crippen LogP contribution in [0, 0.1) is 0 Å². The summed E-state index contributed by atoms with van der Waals surface area (Å²) in [5.41, 5.74) is 9.45. The van der Waals surface area contributed by atoms with E-state index in [1.54, 1.807) is 7.11 Å². The fourth-order valence-corrected chi connectivity index (χ4v) is 3.70. The molecular formula is C15H18N2OS. The van der Waals surface area contributed by atoms with Gasteiger partial charge in [0, 0.05) is 17.5 Å². The minimum Gasteiger partial charge on any atom is -0.497 e. The van der Waals surface area contributed by atoms with Crippen LogP contribution in [-0.4, -0.2) is 13.7 Å². The number of hydrogen-bond acceptors (Lipinski definition) is 4. The zero-order valence-electron chi connectivity index (χ0n) is 11.2. The smallest absolute Gasteiger partial charge is 0.121 e. The summed E-state index contributed by atoms with van der Waals surface area (Å²) in [6.07, 6.45) is 1.09. The second kappa shape index (κ2) is 4.78. The molecule has 2 N–H and O–H groups in total. The molecule has 0 spiro atoms. The maximum Gasteiger partial charge on any atom is 0.121 e. The number of ether oxygens (including phenoxy) is 1. The zero-order chi connectivity index (χ0) is 13.4. The van der Waals surface area contributed by atoms with Crippen LogP contribution in [0.15, 0.2) is 29.6 Å². The number of nitrogens with two attached hydrogens (primary N) is 1. The van der Waals surface area contributed by atoms with E-state index in [-0.39, 0.29) is 0 Å². The molecule has 0 amide bonds. The van der Waals surface area contributed by atoms with Crippen molar-refractivity contribution in [1.82, 2.24) is 0 Å². The summed E-state index contributed by atoms with van der Waals surface area (Å²) < 4.78 is 5.31. The number of benzene rings is 1. The predicted molar refractivity (Wildman–Crippen MR) is 81.2 cm³/mol. The van der Waals surface area contributed by atoms with E-state index in [1.165, 1.54) is 10.4 Å². The number of nitrogen functional groups attached to an aromatic ring is 1. The third-order valence-corrected chi connectivity index (χ3v) is 4.82. The van der Waals surface area contributed by atoms with Gasteiger partial charge in [0.2, 0.25) is 0 Å². The highest BCUT2D eigenvalue weighted by Gasteiger charge is 2.26. The number of hydrogen-bond donors (Lipinski definition) is 1. The Morgan fingerprint density at radius 2 is 2.21 bits per heavy atom. The maximum absolute atomic E-state index is 6.14. The molecule has 0 radical (unpaired) electrons. The lowest BCUT2D eigenvalue weighted by molar-refractivity contribution is 0.414. The van der Waals surface area contributed by atoms with Crippen LogP contribution in [0.25, 0.3) is 0 Å². The van der Waals surface area contributed by atoms with Gasteiger partial charge in [-0.15, -0.1) is 11.3 Å². The quantitative estimate of drug-likeness (QED) is 0.852. The summed E-state index contributed by atoms with van der Waals surface area (Å²) in [6.45, 7) is 3.25. The van der Waals surface area contributed by atoms with Crippen LogP contribution in [0.1, 0.15) is 23.4 Å². The molecule has 1 aromatic carbocycles. The zero-order valence-corrected chi connectivity index (χ0v) is 12.0. The van der Waals surface area contributed by atoms with E-state index in [0.29, 0.717) is 6.04 Å². The first-order chi connectivity index (χ1) is 9.20. The third kappa shape index (κ3) is 2.06. The molecule has 1 aromatic heterocycles. The van der Waals surface area contributed by atoms with Crippen molar-refractivity contribution < 1.29 is 4.74 Å². The Hall–Kier alpha value is -1.68. The molecule has 1 unspecified atom stereocenters. The first kappa shape index (κ1) is 12.4. The lowest BCUT2D eigenvalue weighted by Gasteiger charge is -2.36. The molecule has 0 fully saturated rings. The van der Waals surface area contributed by atoms with E-state index in [2.05, 4.69) is 23.3 Å². The fraction of sp³-hybridized carbons (Fsp3) is 0.333. The number of thiophene rings is 1. The highest BCUT2D eigenvalue weighted by atomic mass is 32.1. The largest absolute Gasteiger partial charge is 0.497 e. The Morgan fingerprint density at radius 1 is 1.37 bits per heavy atom. The van der Waals surface area contributed by atoms with E-state index in [1.807, 2.05) is 29.5 Å². The molecule has 3 rings (SSSR count). The summed E-state index contributed by atoms with van der Waals surface area (Å²) in [5.74, 6) is 0.854. The Kier molecular flexibility index (Phi) is 3.11. The van der Waals surface area contributed by atoms with Gasteiger partial charge in [-0.25, -0.2) is 0 Å². The molecule has 0 saturated carbocycles. The minimum absolute atomic E-state index is 0.365. The Bertz CT molecular complexity index is 594. The lowest BCUT2D eigenvalue weighted by Crippen LogP contribution is -2.33. The van der Waals surface area contributed by atoms with Crippen molar-refractivity contribution in [3.63, 3.8) is 0 Å². The summed E-state index contributed by atoms with van der Waals surface area (Å²) >= 11 is 1.86. The average molecular weight is 274 g/mol. The van der Waals surface area contributed by atoms with Crippen molar-refractivity contribution in [2.75, 3.05) is 24.3 Å². The fourth-order valence-electron chi connectivity index (χ4n) is 2.74. The van der Waals surface area contributed by atoms with Gasteiger partial charge >= 0.3 is 0 Å². The van der Waals surface area contributed by atoms with E-state index in [9.17, 15) is 0 Å². The predicted octanol–water partition coefficient (Wildman–Crippen LogP) is 3.46. The van der Waals surface area contributed by atoms with Crippen LogP contribution in [0.3, 0.4) is 0 Å². The van der Waals surface area contributed by atoms with Crippen molar-refractivity contribution in [2.24, 2.45) is 0 Å². The molecule has 0 saturated heterocycles. The van der Waals surface area contributed by atoms with Crippen LogP contribution >= 0.6 is 11.3 Å². The van der Waals surface area contributed by atoms with Gasteiger partial charge in [-0.2, -0.15) is 0 Å². The number of methoxy groups -OCH3 is 1. The van der Waals surface area contributed by atoms with Gasteiger partial charge in [0.15, 0.2) is 0 Å². The number of fused-ring (bicyclic) bond motifs is 1. The van der Waals surface area contributed by atoms with Gasteiger partial charge in [-0.1, -0.05) is 0 Å². The third-order valence-electron chi connectivity index (χ3n) is 3.82. The topological polar surface area (TPSA) is 38.5 Å². The van der Waals surface area contributed by atoms with Gasteiger partial charge in [-0.05, 0) is 42.5 Å². The summed E-state index contributed by atoms with van der Waals surface area (Å²) in [5, 5.41) is 2.18. The summed E-state index contributed by atoms with van der Waals surface area (Å²) in [4.78, 5) is 3.87. The van der Waals surface area contributed by atoms with Crippen LogP contribution in [0.5, 0.6) is 5.75 Å². The first-order valence-electron chi connectivity index (χ1n) is 6.47. The highest BCUT2D eigenvalue weighted by Crippen LogP contribution is 2.39. The highest BCUT2D eigenvalue weighted by molar-refractivity contribution is 7.10. The van der Waals surface area contributed by atoms with Crippen molar-refractivity contribution in [1.29, 1.82) is 0 Å².